The van der Waals surface area contributed by atoms with Crippen molar-refractivity contribution in [2.24, 2.45) is 0 Å². The first-order chi connectivity index (χ1) is 7.51. The van der Waals surface area contributed by atoms with E-state index in [2.05, 4.69) is 9.47 Å². The van der Waals surface area contributed by atoms with Gasteiger partial charge in [0.05, 0.1) is 31.0 Å². The van der Waals surface area contributed by atoms with Crippen LogP contribution in [-0.2, 0) is 9.47 Å². The number of esters is 2. The molecule has 16 heavy (non-hydrogen) atoms. The Labute approximate surface area is 92.1 Å². The van der Waals surface area contributed by atoms with E-state index in [0.29, 0.717) is 0 Å². The minimum Gasteiger partial charge on any atom is -0.465 e. The van der Waals surface area contributed by atoms with Crippen molar-refractivity contribution in [3.05, 3.63) is 23.3 Å². The van der Waals surface area contributed by atoms with Crippen LogP contribution in [0.2, 0.25) is 0 Å². The lowest BCUT2D eigenvalue weighted by molar-refractivity contribution is 0.0602. The summed E-state index contributed by atoms with van der Waals surface area (Å²) in [5, 5.41) is 0. The normalized spacial score (nSPS) is 9.62. The smallest absolute Gasteiger partial charge is 0.340 e. The quantitative estimate of drug-likeness (QED) is 0.557. The highest BCUT2D eigenvalue weighted by Crippen LogP contribution is 2.23. The highest BCUT2D eigenvalue weighted by molar-refractivity contribution is 6.04. The van der Waals surface area contributed by atoms with Gasteiger partial charge in [0.15, 0.2) is 0 Å². The van der Waals surface area contributed by atoms with E-state index >= 15 is 0 Å². The van der Waals surface area contributed by atoms with Crippen molar-refractivity contribution in [2.75, 3.05) is 25.7 Å². The molecule has 0 aliphatic rings. The molecule has 0 bridgehead atoms. The number of rotatable bonds is 2. The Morgan fingerprint density at radius 3 is 1.69 bits per heavy atom. The molecule has 1 aromatic rings. The van der Waals surface area contributed by atoms with Crippen LogP contribution in [0.3, 0.4) is 0 Å². The lowest BCUT2D eigenvalue weighted by atomic mass is 10.1. The highest BCUT2D eigenvalue weighted by Gasteiger charge is 2.19. The van der Waals surface area contributed by atoms with Gasteiger partial charge < -0.3 is 20.9 Å². The molecule has 0 heterocycles. The number of nitrogen functional groups attached to an aromatic ring is 2. The van der Waals surface area contributed by atoms with Crippen LogP contribution in [0.25, 0.3) is 0 Å². The fourth-order valence-corrected chi connectivity index (χ4v) is 1.23. The number of hydrogen-bond donors (Lipinski definition) is 2. The molecule has 6 nitrogen and oxygen atoms in total. The second-order valence-corrected chi connectivity index (χ2v) is 3.01. The Morgan fingerprint density at radius 2 is 1.38 bits per heavy atom. The number of anilines is 2. The van der Waals surface area contributed by atoms with Crippen LogP contribution in [0, 0.1) is 0 Å². The van der Waals surface area contributed by atoms with E-state index in [1.165, 1.54) is 26.4 Å². The molecule has 0 aliphatic heterocycles. The number of carbonyl (C=O) groups excluding carboxylic acids is 2. The molecule has 0 saturated carbocycles. The molecule has 1 aromatic carbocycles. The van der Waals surface area contributed by atoms with Crippen molar-refractivity contribution < 1.29 is 19.1 Å². The van der Waals surface area contributed by atoms with Gasteiger partial charge in [-0.1, -0.05) is 0 Å². The van der Waals surface area contributed by atoms with Gasteiger partial charge in [-0.05, 0) is 12.1 Å². The van der Waals surface area contributed by atoms with Crippen LogP contribution in [0.1, 0.15) is 20.7 Å². The second kappa shape index (κ2) is 4.52. The van der Waals surface area contributed by atoms with Gasteiger partial charge in [0.25, 0.3) is 0 Å². The van der Waals surface area contributed by atoms with Crippen LogP contribution in [0.5, 0.6) is 0 Å². The maximum absolute atomic E-state index is 11.3. The van der Waals surface area contributed by atoms with E-state index in [1.54, 1.807) is 0 Å². The highest BCUT2D eigenvalue weighted by atomic mass is 16.5. The van der Waals surface area contributed by atoms with E-state index in [9.17, 15) is 9.59 Å². The summed E-state index contributed by atoms with van der Waals surface area (Å²) in [6.07, 6.45) is 0. The lowest BCUT2D eigenvalue weighted by Crippen LogP contribution is -2.13. The van der Waals surface area contributed by atoms with Crippen molar-refractivity contribution in [1.29, 1.82) is 0 Å². The van der Waals surface area contributed by atoms with Crippen molar-refractivity contribution in [1.82, 2.24) is 0 Å². The van der Waals surface area contributed by atoms with E-state index in [4.69, 9.17) is 11.5 Å². The molecule has 4 N–H and O–H groups in total. The van der Waals surface area contributed by atoms with Gasteiger partial charge in [0.1, 0.15) is 0 Å². The minimum atomic E-state index is -0.657. The van der Waals surface area contributed by atoms with Gasteiger partial charge in [-0.25, -0.2) is 9.59 Å². The van der Waals surface area contributed by atoms with Gasteiger partial charge in [-0.3, -0.25) is 0 Å². The summed E-state index contributed by atoms with van der Waals surface area (Å²) in [4.78, 5) is 22.7. The van der Waals surface area contributed by atoms with Gasteiger partial charge in [0, 0.05) is 5.69 Å². The summed E-state index contributed by atoms with van der Waals surface area (Å²) in [5.74, 6) is -1.31. The van der Waals surface area contributed by atoms with Gasteiger partial charge >= 0.3 is 11.9 Å². The van der Waals surface area contributed by atoms with Crippen molar-refractivity contribution in [2.45, 2.75) is 0 Å². The SMILES string of the molecule is COC(=O)c1cc(N)cc(C(=O)OC)c1N. The average molecular weight is 224 g/mol. The van der Waals surface area contributed by atoms with E-state index in [0.717, 1.165) is 0 Å². The van der Waals surface area contributed by atoms with Crippen molar-refractivity contribution in [3.63, 3.8) is 0 Å². The predicted octanol–water partition coefficient (Wildman–Crippen LogP) is 0.424. The fourth-order valence-electron chi connectivity index (χ4n) is 1.23. The van der Waals surface area contributed by atoms with Gasteiger partial charge in [0.2, 0.25) is 0 Å². The number of carbonyl (C=O) groups is 2. The molecule has 0 unspecified atom stereocenters. The number of nitrogens with two attached hydrogens (primary N) is 2. The number of benzene rings is 1. The Balaban J connectivity index is 3.37. The lowest BCUT2D eigenvalue weighted by Gasteiger charge is -2.09. The predicted molar refractivity (Wildman–Crippen MR) is 57.9 cm³/mol. The Hall–Kier alpha value is -2.24. The van der Waals surface area contributed by atoms with Crippen LogP contribution in [-0.4, -0.2) is 26.2 Å². The van der Waals surface area contributed by atoms with Gasteiger partial charge in [-0.15, -0.1) is 0 Å². The fraction of sp³-hybridized carbons (Fsp3) is 0.200. The monoisotopic (exact) mass is 224 g/mol. The number of hydrogen-bond acceptors (Lipinski definition) is 6. The largest absolute Gasteiger partial charge is 0.465 e. The zero-order valence-electron chi connectivity index (χ0n) is 8.94. The number of methoxy groups -OCH3 is 2. The zero-order valence-corrected chi connectivity index (χ0v) is 8.94. The Kier molecular flexibility index (Phi) is 3.34. The molecule has 0 aliphatic carbocycles. The maximum Gasteiger partial charge on any atom is 0.340 e. The first-order valence-corrected chi connectivity index (χ1v) is 4.37. The summed E-state index contributed by atoms with van der Waals surface area (Å²) in [6.45, 7) is 0. The summed E-state index contributed by atoms with van der Waals surface area (Å²) < 4.78 is 9.03. The molecule has 0 spiro atoms. The standard InChI is InChI=1S/C10H12N2O4/c1-15-9(13)6-3-5(11)4-7(8(6)12)10(14)16-2/h3-4H,11-12H2,1-2H3. The molecule has 0 saturated heterocycles. The minimum absolute atomic E-state index is 0.00657. The summed E-state index contributed by atoms with van der Waals surface area (Å²) in [6, 6.07) is 2.68. The molecule has 0 amide bonds. The molecular formula is C10H12N2O4. The van der Waals surface area contributed by atoms with Crippen molar-refractivity contribution in [3.8, 4) is 0 Å². The topological polar surface area (TPSA) is 105 Å². The molecule has 1 rings (SSSR count). The van der Waals surface area contributed by atoms with Crippen molar-refractivity contribution >= 4 is 23.3 Å². The van der Waals surface area contributed by atoms with E-state index < -0.39 is 11.9 Å². The van der Waals surface area contributed by atoms with Gasteiger partial charge in [-0.2, -0.15) is 0 Å². The molecule has 0 fully saturated rings. The van der Waals surface area contributed by atoms with Crippen LogP contribution in [0.15, 0.2) is 12.1 Å². The molecular weight excluding hydrogens is 212 g/mol. The second-order valence-electron chi connectivity index (χ2n) is 3.01. The molecule has 0 aromatic heterocycles. The first-order valence-electron chi connectivity index (χ1n) is 4.37. The van der Waals surface area contributed by atoms with E-state index in [1.807, 2.05) is 0 Å². The third-order valence-electron chi connectivity index (χ3n) is 2.01. The Morgan fingerprint density at radius 1 is 1.00 bits per heavy atom. The molecule has 6 heteroatoms. The summed E-state index contributed by atoms with van der Waals surface area (Å²) in [5.41, 5.74) is 11.5. The Bertz CT molecular complexity index is 405. The average Bonchev–Trinajstić information content (AvgIpc) is 2.29. The maximum atomic E-state index is 11.3. The third-order valence-corrected chi connectivity index (χ3v) is 2.01. The summed E-state index contributed by atoms with van der Waals surface area (Å²) >= 11 is 0. The number of ether oxygens (including phenoxy) is 2. The molecule has 86 valence electrons. The molecule has 0 radical (unpaired) electrons. The first kappa shape index (κ1) is 11.8. The molecule has 0 atom stereocenters. The zero-order chi connectivity index (χ0) is 12.3. The van der Waals surface area contributed by atoms with Crippen LogP contribution >= 0.6 is 0 Å². The third kappa shape index (κ3) is 2.05. The van der Waals surface area contributed by atoms with E-state index in [-0.39, 0.29) is 22.5 Å². The van der Waals surface area contributed by atoms with Crippen LogP contribution in [0.4, 0.5) is 11.4 Å². The summed E-state index contributed by atoms with van der Waals surface area (Å²) in [7, 11) is 2.42. The van der Waals surface area contributed by atoms with Crippen LogP contribution < -0.4 is 11.5 Å².